The summed E-state index contributed by atoms with van der Waals surface area (Å²) >= 11 is 0. The van der Waals surface area contributed by atoms with Gasteiger partial charge in [0.05, 0.1) is 5.56 Å². The number of piperidine rings is 1. The molecule has 25 heavy (non-hydrogen) atoms. The summed E-state index contributed by atoms with van der Waals surface area (Å²) in [6, 6.07) is 6.13. The van der Waals surface area contributed by atoms with Gasteiger partial charge in [-0.3, -0.25) is 9.59 Å². The summed E-state index contributed by atoms with van der Waals surface area (Å²) in [6.45, 7) is 1.62. The molecule has 0 spiro atoms. The summed E-state index contributed by atoms with van der Waals surface area (Å²) < 4.78 is 13.8. The number of nitrogens with one attached hydrogen (secondary N) is 1. The summed E-state index contributed by atoms with van der Waals surface area (Å²) in [6.07, 6.45) is 4.41. The Bertz CT molecular complexity index is 629. The lowest BCUT2D eigenvalue weighted by molar-refractivity contribution is -0.126. The van der Waals surface area contributed by atoms with E-state index in [1.807, 2.05) is 0 Å². The van der Waals surface area contributed by atoms with Gasteiger partial charge in [-0.05, 0) is 50.3 Å². The molecule has 1 aromatic carbocycles. The zero-order valence-corrected chi connectivity index (χ0v) is 14.4. The Morgan fingerprint density at radius 3 is 2.56 bits per heavy atom. The van der Waals surface area contributed by atoms with Crippen molar-refractivity contribution >= 4 is 11.8 Å². The first-order chi connectivity index (χ1) is 12.1. The molecule has 0 radical (unpaired) electrons. The molecule has 0 aromatic heterocycles. The third kappa shape index (κ3) is 4.00. The van der Waals surface area contributed by atoms with Crippen LogP contribution in [0.15, 0.2) is 24.3 Å². The van der Waals surface area contributed by atoms with E-state index in [1.54, 1.807) is 17.0 Å². The van der Waals surface area contributed by atoms with Crippen LogP contribution in [0.4, 0.5) is 4.39 Å². The second-order valence-electron chi connectivity index (χ2n) is 7.09. The molecule has 2 aliphatic rings. The summed E-state index contributed by atoms with van der Waals surface area (Å²) in [5, 5.41) is 3.13. The Morgan fingerprint density at radius 2 is 1.88 bits per heavy atom. The fraction of sp³-hybridized carbons (Fsp3) is 0.579. The number of halogens is 1. The van der Waals surface area contributed by atoms with Gasteiger partial charge in [0, 0.05) is 25.0 Å². The molecule has 1 aliphatic carbocycles. The molecule has 0 bridgehead atoms. The van der Waals surface area contributed by atoms with E-state index in [-0.39, 0.29) is 29.3 Å². The maximum absolute atomic E-state index is 13.8. The van der Waals surface area contributed by atoms with Crippen molar-refractivity contribution < 1.29 is 14.0 Å². The summed E-state index contributed by atoms with van der Waals surface area (Å²) in [5.41, 5.74) is 5.87. The molecule has 136 valence electrons. The first kappa shape index (κ1) is 17.9. The van der Waals surface area contributed by atoms with E-state index >= 15 is 0 Å². The van der Waals surface area contributed by atoms with E-state index < -0.39 is 5.82 Å². The Hall–Kier alpha value is -1.95. The van der Waals surface area contributed by atoms with Crippen molar-refractivity contribution in [3.05, 3.63) is 35.6 Å². The van der Waals surface area contributed by atoms with Crippen LogP contribution in [0, 0.1) is 17.7 Å². The molecule has 2 fully saturated rings. The van der Waals surface area contributed by atoms with E-state index in [0.29, 0.717) is 38.4 Å². The maximum Gasteiger partial charge on any atom is 0.256 e. The summed E-state index contributed by atoms with van der Waals surface area (Å²) in [4.78, 5) is 26.6. The van der Waals surface area contributed by atoms with Gasteiger partial charge in [0.2, 0.25) is 5.91 Å². The minimum Gasteiger partial charge on any atom is -0.353 e. The van der Waals surface area contributed by atoms with Gasteiger partial charge in [-0.25, -0.2) is 4.39 Å². The quantitative estimate of drug-likeness (QED) is 0.874. The molecule has 1 heterocycles. The number of rotatable bonds is 4. The van der Waals surface area contributed by atoms with Crippen molar-refractivity contribution in [2.75, 3.05) is 19.6 Å². The van der Waals surface area contributed by atoms with Crippen molar-refractivity contribution in [3.8, 4) is 0 Å². The molecule has 2 atom stereocenters. The SMILES string of the molecule is NC[C@H]1CCC[C@H]1C(=O)NC1CCN(C(=O)c2ccccc2F)CC1. The Morgan fingerprint density at radius 1 is 1.16 bits per heavy atom. The number of nitrogens with two attached hydrogens (primary N) is 1. The van der Waals surface area contributed by atoms with Gasteiger partial charge >= 0.3 is 0 Å². The van der Waals surface area contributed by atoms with Crippen LogP contribution in [-0.4, -0.2) is 42.4 Å². The molecule has 2 amide bonds. The van der Waals surface area contributed by atoms with Gasteiger partial charge < -0.3 is 16.0 Å². The van der Waals surface area contributed by atoms with Crippen LogP contribution >= 0.6 is 0 Å². The monoisotopic (exact) mass is 347 g/mol. The van der Waals surface area contributed by atoms with Crippen molar-refractivity contribution in [1.82, 2.24) is 10.2 Å². The Balaban J connectivity index is 1.51. The van der Waals surface area contributed by atoms with E-state index in [0.717, 1.165) is 19.3 Å². The number of carbonyl (C=O) groups is 2. The van der Waals surface area contributed by atoms with E-state index in [9.17, 15) is 14.0 Å². The molecule has 3 rings (SSSR count). The third-order valence-electron chi connectivity index (χ3n) is 5.53. The first-order valence-corrected chi connectivity index (χ1v) is 9.14. The highest BCUT2D eigenvalue weighted by Crippen LogP contribution is 2.31. The van der Waals surface area contributed by atoms with Crippen LogP contribution in [0.2, 0.25) is 0 Å². The molecule has 3 N–H and O–H groups in total. The molecule has 1 aromatic rings. The highest BCUT2D eigenvalue weighted by molar-refractivity contribution is 5.94. The number of likely N-dealkylation sites (tertiary alicyclic amines) is 1. The fourth-order valence-corrected chi connectivity index (χ4v) is 4.00. The van der Waals surface area contributed by atoms with Crippen LogP contribution in [0.5, 0.6) is 0 Å². The molecule has 5 nitrogen and oxygen atoms in total. The number of benzene rings is 1. The normalized spacial score (nSPS) is 24.3. The van der Waals surface area contributed by atoms with Crippen molar-refractivity contribution in [2.45, 2.75) is 38.1 Å². The summed E-state index contributed by atoms with van der Waals surface area (Å²) in [7, 11) is 0. The minimum absolute atomic E-state index is 0.0306. The second-order valence-corrected chi connectivity index (χ2v) is 7.09. The number of amides is 2. The first-order valence-electron chi connectivity index (χ1n) is 9.14. The van der Waals surface area contributed by atoms with Crippen LogP contribution < -0.4 is 11.1 Å². The lowest BCUT2D eigenvalue weighted by atomic mass is 9.94. The zero-order chi connectivity index (χ0) is 17.8. The lowest BCUT2D eigenvalue weighted by Crippen LogP contribution is -2.48. The predicted octanol–water partition coefficient (Wildman–Crippen LogP) is 1.92. The number of carbonyl (C=O) groups excluding carboxylic acids is 2. The maximum atomic E-state index is 13.8. The number of nitrogens with zero attached hydrogens (tertiary/aromatic N) is 1. The second kappa shape index (κ2) is 7.95. The molecular weight excluding hydrogens is 321 g/mol. The minimum atomic E-state index is -0.489. The average Bonchev–Trinajstić information content (AvgIpc) is 3.11. The van der Waals surface area contributed by atoms with Gasteiger partial charge in [-0.1, -0.05) is 18.6 Å². The van der Waals surface area contributed by atoms with Crippen LogP contribution in [0.3, 0.4) is 0 Å². The van der Waals surface area contributed by atoms with Gasteiger partial charge in [0.15, 0.2) is 0 Å². The predicted molar refractivity (Wildman–Crippen MR) is 93.4 cm³/mol. The van der Waals surface area contributed by atoms with Crippen LogP contribution in [-0.2, 0) is 4.79 Å². The van der Waals surface area contributed by atoms with Crippen LogP contribution in [0.1, 0.15) is 42.5 Å². The van der Waals surface area contributed by atoms with Gasteiger partial charge in [-0.15, -0.1) is 0 Å². The molecule has 1 saturated carbocycles. The van der Waals surface area contributed by atoms with Crippen molar-refractivity contribution in [1.29, 1.82) is 0 Å². The smallest absolute Gasteiger partial charge is 0.256 e. The molecule has 1 saturated heterocycles. The van der Waals surface area contributed by atoms with Crippen molar-refractivity contribution in [3.63, 3.8) is 0 Å². The third-order valence-corrected chi connectivity index (χ3v) is 5.53. The molecule has 1 aliphatic heterocycles. The van der Waals surface area contributed by atoms with E-state index in [2.05, 4.69) is 5.32 Å². The number of hydrogen-bond acceptors (Lipinski definition) is 3. The standard InChI is InChI=1S/C19H26FN3O2/c20-17-7-2-1-5-16(17)19(25)23-10-8-14(9-11-23)22-18(24)15-6-3-4-13(15)12-21/h1-2,5,7,13-15H,3-4,6,8-12,21H2,(H,22,24)/t13-,15-/m1/s1. The highest BCUT2D eigenvalue weighted by atomic mass is 19.1. The highest BCUT2D eigenvalue weighted by Gasteiger charge is 2.34. The van der Waals surface area contributed by atoms with Gasteiger partial charge in [-0.2, -0.15) is 0 Å². The van der Waals surface area contributed by atoms with E-state index in [4.69, 9.17) is 5.73 Å². The fourth-order valence-electron chi connectivity index (χ4n) is 4.00. The Kier molecular flexibility index (Phi) is 5.68. The lowest BCUT2D eigenvalue weighted by Gasteiger charge is -2.33. The molecular formula is C19H26FN3O2. The zero-order valence-electron chi connectivity index (χ0n) is 14.4. The number of hydrogen-bond donors (Lipinski definition) is 2. The largest absolute Gasteiger partial charge is 0.353 e. The molecule has 0 unspecified atom stereocenters. The summed E-state index contributed by atoms with van der Waals surface area (Å²) in [5.74, 6) is -0.337. The van der Waals surface area contributed by atoms with Gasteiger partial charge in [0.25, 0.3) is 5.91 Å². The van der Waals surface area contributed by atoms with E-state index in [1.165, 1.54) is 12.1 Å². The molecule has 6 heteroatoms. The topological polar surface area (TPSA) is 75.4 Å². The van der Waals surface area contributed by atoms with Gasteiger partial charge in [0.1, 0.15) is 5.82 Å². The van der Waals surface area contributed by atoms with Crippen molar-refractivity contribution in [2.24, 2.45) is 17.6 Å². The van der Waals surface area contributed by atoms with Crippen LogP contribution in [0.25, 0.3) is 0 Å². The Labute approximate surface area is 147 Å². The average molecular weight is 347 g/mol.